The van der Waals surface area contributed by atoms with Gasteiger partial charge in [0.25, 0.3) is 0 Å². The molecule has 233 valence electrons. The summed E-state index contributed by atoms with van der Waals surface area (Å²) >= 11 is 1.61. The maximum absolute atomic E-state index is 15.3. The number of benzene rings is 1. The molecule has 1 amide bonds. The van der Waals surface area contributed by atoms with Crippen molar-refractivity contribution in [2.24, 2.45) is 22.8 Å². The third kappa shape index (κ3) is 10.4. The molecule has 2 heterocycles. The van der Waals surface area contributed by atoms with E-state index >= 15 is 4.39 Å². The Labute approximate surface area is 280 Å². The molecule has 1 aromatic heterocycles. The van der Waals surface area contributed by atoms with Gasteiger partial charge in [0, 0.05) is 58.1 Å². The summed E-state index contributed by atoms with van der Waals surface area (Å²) in [5.41, 5.74) is 13.2. The molecule has 4 rings (SSSR count). The zero-order valence-electron chi connectivity index (χ0n) is 25.8. The summed E-state index contributed by atoms with van der Waals surface area (Å²) in [6.45, 7) is 12.7. The van der Waals surface area contributed by atoms with Gasteiger partial charge in [-0.25, -0.2) is 9.37 Å². The number of ether oxygens (including phenoxy) is 1. The molecule has 2 atom stereocenters. The second-order valence-corrected chi connectivity index (χ2v) is 12.2. The van der Waals surface area contributed by atoms with E-state index in [2.05, 4.69) is 33.5 Å². The van der Waals surface area contributed by atoms with Crippen molar-refractivity contribution in [2.75, 3.05) is 33.4 Å². The maximum Gasteiger partial charge on any atom is 0.230 e. The molecule has 0 bridgehead atoms. The van der Waals surface area contributed by atoms with Gasteiger partial charge in [0.1, 0.15) is 18.2 Å². The third-order valence-electron chi connectivity index (χ3n) is 7.33. The second-order valence-electron chi connectivity index (χ2n) is 11.4. The predicted molar refractivity (Wildman–Crippen MR) is 165 cm³/mol. The molecule has 1 aromatic carbocycles. The molecule has 2 fully saturated rings. The Hall–Kier alpha value is -1.34. The first-order chi connectivity index (χ1) is 19.6. The monoisotopic (exact) mass is 680 g/mol. The molecule has 1 saturated heterocycles. The zero-order chi connectivity index (χ0) is 30.6. The van der Waals surface area contributed by atoms with Gasteiger partial charge in [-0.1, -0.05) is 39.3 Å². The van der Waals surface area contributed by atoms with Gasteiger partial charge >= 0.3 is 0 Å². The standard InChI is InChI=1S/C28H41FN5O2S.CH5N.CH2O.Y/c1-19-24(37-18-33-19)20-8-9-21(22(15-20)36-17-31-13-6-12-30)16-32-23-7-5-14-34(23)26(35)25(27(2,3)4)28(29)10-11-28;2*1-2;/h8-9,15,18,23,25,32H,5-7,10-14,16-17,30H2,1-4H3;2H2,1H3;1H2;/q-1;;;. The van der Waals surface area contributed by atoms with Crippen LogP contribution in [0.4, 0.5) is 4.39 Å². The summed E-state index contributed by atoms with van der Waals surface area (Å²) in [6, 6.07) is 6.20. The number of hydrogen-bond donors (Lipinski definition) is 3. The number of halogens is 1. The Morgan fingerprint density at radius 2 is 2.02 bits per heavy atom. The van der Waals surface area contributed by atoms with E-state index in [9.17, 15) is 4.79 Å². The fraction of sp³-hybridized carbons (Fsp3) is 0.633. The average Bonchev–Trinajstić information content (AvgIpc) is 3.30. The van der Waals surface area contributed by atoms with E-state index in [-0.39, 0.29) is 51.5 Å². The van der Waals surface area contributed by atoms with Crippen LogP contribution in [0.3, 0.4) is 0 Å². The molecule has 42 heavy (non-hydrogen) atoms. The second kappa shape index (κ2) is 18.5. The summed E-state index contributed by atoms with van der Waals surface area (Å²) in [7, 11) is 1.50. The minimum atomic E-state index is -1.36. The summed E-state index contributed by atoms with van der Waals surface area (Å²) in [4.78, 5) is 29.0. The number of aromatic nitrogens is 1. The van der Waals surface area contributed by atoms with Gasteiger partial charge in [0.05, 0.1) is 28.2 Å². The molecule has 1 radical (unpaired) electrons. The van der Waals surface area contributed by atoms with Gasteiger partial charge < -0.3 is 31.2 Å². The van der Waals surface area contributed by atoms with Gasteiger partial charge in [-0.2, -0.15) is 0 Å². The number of nitrogens with one attached hydrogen (secondary N) is 1. The van der Waals surface area contributed by atoms with Crippen molar-refractivity contribution in [1.82, 2.24) is 15.2 Å². The quantitative estimate of drug-likeness (QED) is 0.275. The number of aryl methyl sites for hydroxylation is 1. The Morgan fingerprint density at radius 1 is 1.33 bits per heavy atom. The number of thiazole rings is 1. The minimum absolute atomic E-state index is 0. The molecule has 12 heteroatoms. The predicted octanol–water partition coefficient (Wildman–Crippen LogP) is 4.77. The van der Waals surface area contributed by atoms with E-state index in [0.717, 1.165) is 46.7 Å². The van der Waals surface area contributed by atoms with Crippen LogP contribution in [-0.4, -0.2) is 67.8 Å². The van der Waals surface area contributed by atoms with Crippen molar-refractivity contribution in [3.8, 4) is 16.2 Å². The topological polar surface area (TPSA) is 138 Å². The number of amides is 1. The Morgan fingerprint density at radius 3 is 2.60 bits per heavy atom. The zero-order valence-corrected chi connectivity index (χ0v) is 29.5. The van der Waals surface area contributed by atoms with Crippen LogP contribution in [0.5, 0.6) is 5.75 Å². The Kier molecular flexibility index (Phi) is 17.0. The Bertz CT molecular complexity index is 1090. The molecule has 1 saturated carbocycles. The number of carbonyl (C=O) groups excluding carboxylic acids is 2. The van der Waals surface area contributed by atoms with Crippen molar-refractivity contribution in [1.29, 1.82) is 0 Å². The number of carbonyl (C=O) groups is 2. The smallest absolute Gasteiger partial charge is 0.230 e. The van der Waals surface area contributed by atoms with Crippen molar-refractivity contribution in [2.45, 2.75) is 78.2 Å². The van der Waals surface area contributed by atoms with E-state index in [4.69, 9.17) is 15.3 Å². The maximum atomic E-state index is 15.3. The van der Waals surface area contributed by atoms with Crippen LogP contribution in [0.1, 0.15) is 64.1 Å². The summed E-state index contributed by atoms with van der Waals surface area (Å²) in [6.07, 6.45) is 3.44. The van der Waals surface area contributed by atoms with Crippen molar-refractivity contribution in [3.05, 3.63) is 40.3 Å². The number of alkyl halides is 1. The average molecular weight is 681 g/mol. The van der Waals surface area contributed by atoms with Crippen LogP contribution in [0.25, 0.3) is 15.8 Å². The van der Waals surface area contributed by atoms with E-state index in [0.29, 0.717) is 39.0 Å². The third-order valence-corrected chi connectivity index (χ3v) is 8.31. The number of hydrogen-bond acceptors (Lipinski definition) is 8. The summed E-state index contributed by atoms with van der Waals surface area (Å²) in [5, 5.41) is 8.00. The van der Waals surface area contributed by atoms with Gasteiger partial charge in [0.2, 0.25) is 5.91 Å². The van der Waals surface area contributed by atoms with Crippen LogP contribution in [0, 0.1) is 18.3 Å². The van der Waals surface area contributed by atoms with Gasteiger partial charge in [-0.15, -0.1) is 17.9 Å². The first-order valence-corrected chi connectivity index (χ1v) is 15.1. The molecular weight excluding hydrogens is 632 g/mol. The van der Waals surface area contributed by atoms with Crippen LogP contribution in [0.2, 0.25) is 0 Å². The van der Waals surface area contributed by atoms with E-state index in [1.54, 1.807) is 11.3 Å². The van der Waals surface area contributed by atoms with Crippen molar-refractivity contribution < 1.29 is 51.4 Å². The minimum Gasteiger partial charge on any atom is -0.629 e. The van der Waals surface area contributed by atoms with Gasteiger partial charge in [0.15, 0.2) is 0 Å². The molecule has 5 N–H and O–H groups in total. The van der Waals surface area contributed by atoms with Crippen LogP contribution < -0.4 is 21.5 Å². The Balaban J connectivity index is 0.00000169. The van der Waals surface area contributed by atoms with Crippen LogP contribution in [0.15, 0.2) is 23.7 Å². The van der Waals surface area contributed by atoms with Gasteiger partial charge in [-0.05, 0) is 63.2 Å². The first kappa shape index (κ1) is 38.7. The molecule has 2 unspecified atom stereocenters. The SMILES string of the molecule is C=O.CN.Cc1ncsc1-c1ccc(CNC2CCCN2C(=O)C(C(C)(C)C)C2(F)CC2)c(OC[N-]CCCN)c1.[Y]. The fourth-order valence-corrected chi connectivity index (χ4v) is 6.15. The van der Waals surface area contributed by atoms with E-state index in [1.165, 1.54) is 7.05 Å². The number of nitrogens with zero attached hydrogens (tertiary/aromatic N) is 3. The van der Waals surface area contributed by atoms with Crippen molar-refractivity contribution in [3.63, 3.8) is 0 Å². The number of likely N-dealkylation sites (tertiary alicyclic amines) is 1. The van der Waals surface area contributed by atoms with E-state index < -0.39 is 17.0 Å². The molecule has 2 aromatic rings. The largest absolute Gasteiger partial charge is 0.629 e. The first-order valence-electron chi connectivity index (χ1n) is 14.2. The van der Waals surface area contributed by atoms with Crippen LogP contribution >= 0.6 is 11.3 Å². The van der Waals surface area contributed by atoms with Gasteiger partial charge in [-0.3, -0.25) is 10.1 Å². The molecule has 2 aliphatic rings. The summed E-state index contributed by atoms with van der Waals surface area (Å²) in [5.74, 6) is 0.0884. The van der Waals surface area contributed by atoms with Crippen molar-refractivity contribution >= 4 is 24.0 Å². The molecule has 1 aliphatic carbocycles. The molecular formula is C30H48FN6O3SY-. The normalized spacial score (nSPS) is 17.6. The van der Waals surface area contributed by atoms with Crippen LogP contribution in [-0.2, 0) is 48.8 Å². The molecule has 9 nitrogen and oxygen atoms in total. The molecule has 0 spiro atoms. The summed E-state index contributed by atoms with van der Waals surface area (Å²) < 4.78 is 21.4. The fourth-order valence-electron chi connectivity index (χ4n) is 5.35. The van der Waals surface area contributed by atoms with E-state index in [1.807, 2.05) is 51.0 Å². The number of nitrogens with two attached hydrogens (primary N) is 2. The molecule has 1 aliphatic heterocycles. The number of rotatable bonds is 12.